The SMILES string of the molecule is C[C@H](C(=O)N1CCC([C@@]2(Cc3ccccc3F)NC(=O)NC2=O)CC1)c1ccccc1. The van der Waals surface area contributed by atoms with Gasteiger partial charge in [-0.2, -0.15) is 0 Å². The highest BCUT2D eigenvalue weighted by molar-refractivity contribution is 6.07. The van der Waals surface area contributed by atoms with Crippen LogP contribution in [-0.4, -0.2) is 41.4 Å². The molecule has 31 heavy (non-hydrogen) atoms. The first-order valence-corrected chi connectivity index (χ1v) is 10.6. The first-order chi connectivity index (χ1) is 14.9. The molecular weight excluding hydrogens is 397 g/mol. The molecule has 0 aromatic heterocycles. The van der Waals surface area contributed by atoms with Gasteiger partial charge in [0.1, 0.15) is 11.4 Å². The van der Waals surface area contributed by atoms with Crippen LogP contribution in [-0.2, 0) is 16.0 Å². The van der Waals surface area contributed by atoms with Crippen LogP contribution in [0.4, 0.5) is 9.18 Å². The van der Waals surface area contributed by atoms with Crippen LogP contribution in [0.15, 0.2) is 54.6 Å². The van der Waals surface area contributed by atoms with Gasteiger partial charge in [-0.25, -0.2) is 9.18 Å². The highest BCUT2D eigenvalue weighted by Gasteiger charge is 2.52. The second-order valence-electron chi connectivity index (χ2n) is 8.38. The molecule has 0 unspecified atom stereocenters. The van der Waals surface area contributed by atoms with Crippen LogP contribution in [0.5, 0.6) is 0 Å². The molecule has 2 fully saturated rings. The number of likely N-dealkylation sites (tertiary alicyclic amines) is 1. The largest absolute Gasteiger partial charge is 0.342 e. The van der Waals surface area contributed by atoms with Crippen molar-refractivity contribution in [3.63, 3.8) is 0 Å². The van der Waals surface area contributed by atoms with E-state index in [0.717, 1.165) is 5.56 Å². The number of imide groups is 1. The second kappa shape index (κ2) is 8.49. The van der Waals surface area contributed by atoms with E-state index in [-0.39, 0.29) is 24.2 Å². The van der Waals surface area contributed by atoms with Crippen molar-refractivity contribution in [2.24, 2.45) is 5.92 Å². The van der Waals surface area contributed by atoms with E-state index >= 15 is 0 Å². The molecule has 2 atom stereocenters. The number of halogens is 1. The molecular formula is C24H26FN3O3. The Labute approximate surface area is 180 Å². The van der Waals surface area contributed by atoms with E-state index in [0.29, 0.717) is 31.5 Å². The average Bonchev–Trinajstić information content (AvgIpc) is 3.08. The van der Waals surface area contributed by atoms with Gasteiger partial charge >= 0.3 is 6.03 Å². The zero-order valence-corrected chi connectivity index (χ0v) is 17.4. The Balaban J connectivity index is 1.49. The summed E-state index contributed by atoms with van der Waals surface area (Å²) in [5.74, 6) is -1.23. The lowest BCUT2D eigenvalue weighted by atomic mass is 9.74. The molecule has 0 bridgehead atoms. The Morgan fingerprint density at radius 1 is 1.10 bits per heavy atom. The minimum absolute atomic E-state index is 0.0488. The first-order valence-electron chi connectivity index (χ1n) is 10.6. The number of carbonyl (C=O) groups excluding carboxylic acids is 3. The van der Waals surface area contributed by atoms with Gasteiger partial charge in [-0.05, 0) is 42.9 Å². The molecule has 2 aliphatic heterocycles. The smallest absolute Gasteiger partial charge is 0.322 e. The molecule has 7 heteroatoms. The summed E-state index contributed by atoms with van der Waals surface area (Å²) in [7, 11) is 0. The van der Waals surface area contributed by atoms with Crippen LogP contribution >= 0.6 is 0 Å². The number of hydrogen-bond acceptors (Lipinski definition) is 3. The van der Waals surface area contributed by atoms with E-state index in [1.807, 2.05) is 42.2 Å². The van der Waals surface area contributed by atoms with Gasteiger partial charge in [0, 0.05) is 19.5 Å². The monoisotopic (exact) mass is 423 g/mol. The van der Waals surface area contributed by atoms with Gasteiger partial charge in [-0.1, -0.05) is 48.5 Å². The minimum atomic E-state index is -1.21. The van der Waals surface area contributed by atoms with Crippen molar-refractivity contribution >= 4 is 17.8 Å². The number of hydrogen-bond donors (Lipinski definition) is 2. The molecule has 4 rings (SSSR count). The third-order valence-electron chi connectivity index (χ3n) is 6.57. The summed E-state index contributed by atoms with van der Waals surface area (Å²) >= 11 is 0. The van der Waals surface area contributed by atoms with Crippen molar-refractivity contribution in [3.8, 4) is 0 Å². The lowest BCUT2D eigenvalue weighted by Crippen LogP contribution is -2.58. The summed E-state index contributed by atoms with van der Waals surface area (Å²) in [6, 6.07) is 15.4. The fourth-order valence-electron chi connectivity index (χ4n) is 4.75. The number of nitrogens with zero attached hydrogens (tertiary/aromatic N) is 1. The van der Waals surface area contributed by atoms with E-state index in [1.165, 1.54) is 6.07 Å². The van der Waals surface area contributed by atoms with Crippen molar-refractivity contribution in [2.75, 3.05) is 13.1 Å². The minimum Gasteiger partial charge on any atom is -0.342 e. The van der Waals surface area contributed by atoms with E-state index in [4.69, 9.17) is 0 Å². The molecule has 2 heterocycles. The molecule has 2 aliphatic rings. The third kappa shape index (κ3) is 4.04. The molecule has 2 aromatic rings. The zero-order chi connectivity index (χ0) is 22.0. The van der Waals surface area contributed by atoms with Gasteiger partial charge in [-0.15, -0.1) is 0 Å². The lowest BCUT2D eigenvalue weighted by Gasteiger charge is -2.41. The predicted molar refractivity (Wildman–Crippen MR) is 114 cm³/mol. The fraction of sp³-hybridized carbons (Fsp3) is 0.375. The van der Waals surface area contributed by atoms with Crippen molar-refractivity contribution in [2.45, 2.75) is 37.6 Å². The van der Waals surface area contributed by atoms with Crippen LogP contribution in [0.3, 0.4) is 0 Å². The number of urea groups is 1. The van der Waals surface area contributed by atoms with Crippen molar-refractivity contribution in [1.82, 2.24) is 15.5 Å². The summed E-state index contributed by atoms with van der Waals surface area (Å²) in [5.41, 5.74) is 0.142. The summed E-state index contributed by atoms with van der Waals surface area (Å²) in [5, 5.41) is 5.11. The molecule has 4 amide bonds. The molecule has 6 nitrogen and oxygen atoms in total. The zero-order valence-electron chi connectivity index (χ0n) is 17.4. The quantitative estimate of drug-likeness (QED) is 0.726. The number of carbonyl (C=O) groups is 3. The normalized spacial score (nSPS) is 22.7. The molecule has 0 saturated carbocycles. The Morgan fingerprint density at radius 3 is 2.35 bits per heavy atom. The Kier molecular flexibility index (Phi) is 5.76. The second-order valence-corrected chi connectivity index (χ2v) is 8.38. The Hall–Kier alpha value is -3.22. The van der Waals surface area contributed by atoms with E-state index in [2.05, 4.69) is 10.6 Å². The summed E-state index contributed by atoms with van der Waals surface area (Å²) in [6.07, 6.45) is 1.18. The van der Waals surface area contributed by atoms with Gasteiger partial charge in [0.05, 0.1) is 5.92 Å². The molecule has 2 saturated heterocycles. The van der Waals surface area contributed by atoms with Crippen LogP contribution in [0, 0.1) is 11.7 Å². The maximum absolute atomic E-state index is 14.3. The summed E-state index contributed by atoms with van der Waals surface area (Å²) in [6.45, 7) is 2.87. The van der Waals surface area contributed by atoms with E-state index in [1.54, 1.807) is 18.2 Å². The molecule has 2 N–H and O–H groups in total. The van der Waals surface area contributed by atoms with Gasteiger partial charge in [0.2, 0.25) is 5.91 Å². The Morgan fingerprint density at radius 2 is 1.74 bits per heavy atom. The van der Waals surface area contributed by atoms with Crippen molar-refractivity contribution in [1.29, 1.82) is 0 Å². The van der Waals surface area contributed by atoms with Crippen LogP contribution in [0.2, 0.25) is 0 Å². The molecule has 0 spiro atoms. The number of nitrogens with one attached hydrogen (secondary N) is 2. The average molecular weight is 423 g/mol. The topological polar surface area (TPSA) is 78.5 Å². The van der Waals surface area contributed by atoms with Crippen LogP contribution in [0.1, 0.15) is 36.8 Å². The van der Waals surface area contributed by atoms with Gasteiger partial charge < -0.3 is 10.2 Å². The number of amides is 4. The predicted octanol–water partition coefficient (Wildman–Crippen LogP) is 2.99. The standard InChI is InChI=1S/C24H26FN3O3/c1-16(17-7-3-2-4-8-17)21(29)28-13-11-19(12-14-28)24(22(30)26-23(31)27-24)15-18-9-5-6-10-20(18)25/h2-10,16,19H,11-15H2,1H3,(H2,26,27,30,31)/t16-,24+/m0/s1. The maximum Gasteiger partial charge on any atom is 0.322 e. The highest BCUT2D eigenvalue weighted by Crippen LogP contribution is 2.35. The number of piperidine rings is 1. The van der Waals surface area contributed by atoms with Gasteiger partial charge in [-0.3, -0.25) is 14.9 Å². The molecule has 2 aromatic carbocycles. The van der Waals surface area contributed by atoms with E-state index < -0.39 is 23.3 Å². The molecule has 162 valence electrons. The molecule has 0 radical (unpaired) electrons. The van der Waals surface area contributed by atoms with Crippen molar-refractivity contribution < 1.29 is 18.8 Å². The van der Waals surface area contributed by atoms with Crippen molar-refractivity contribution in [3.05, 3.63) is 71.5 Å². The van der Waals surface area contributed by atoms with E-state index in [9.17, 15) is 18.8 Å². The maximum atomic E-state index is 14.3. The van der Waals surface area contributed by atoms with Crippen LogP contribution < -0.4 is 10.6 Å². The highest BCUT2D eigenvalue weighted by atomic mass is 19.1. The summed E-state index contributed by atoms with van der Waals surface area (Å²) < 4.78 is 14.3. The van der Waals surface area contributed by atoms with Gasteiger partial charge in [0.25, 0.3) is 5.91 Å². The Bertz CT molecular complexity index is 989. The lowest BCUT2D eigenvalue weighted by molar-refractivity contribution is -0.135. The number of benzene rings is 2. The summed E-state index contributed by atoms with van der Waals surface area (Å²) in [4.78, 5) is 39.6. The van der Waals surface area contributed by atoms with Gasteiger partial charge in [0.15, 0.2) is 0 Å². The first kappa shape index (κ1) is 21.0. The van der Waals surface area contributed by atoms with Crippen LogP contribution in [0.25, 0.3) is 0 Å². The molecule has 0 aliphatic carbocycles. The third-order valence-corrected chi connectivity index (χ3v) is 6.57. The number of rotatable bonds is 5. The fourth-order valence-corrected chi connectivity index (χ4v) is 4.75.